The Morgan fingerprint density at radius 2 is 1.93 bits per heavy atom. The Kier molecular flexibility index (Phi) is 5.28. The molecular formula is C21H21N3O6. The first-order valence-electron chi connectivity index (χ1n) is 9.58. The van der Waals surface area contributed by atoms with Crippen molar-refractivity contribution in [1.82, 2.24) is 15.3 Å². The molecule has 0 aromatic heterocycles. The van der Waals surface area contributed by atoms with Crippen molar-refractivity contribution in [2.24, 2.45) is 0 Å². The highest BCUT2D eigenvalue weighted by Gasteiger charge is 2.51. The second-order valence-corrected chi connectivity index (χ2v) is 6.99. The minimum atomic E-state index is -1.13. The molecule has 1 fully saturated rings. The predicted octanol–water partition coefficient (Wildman–Crippen LogP) is 2.84. The van der Waals surface area contributed by atoms with Crippen LogP contribution in [0.15, 0.2) is 48.5 Å². The summed E-state index contributed by atoms with van der Waals surface area (Å²) in [6.07, 6.45) is -0.607. The van der Waals surface area contributed by atoms with Crippen molar-refractivity contribution in [2.45, 2.75) is 25.6 Å². The molecule has 2 aliphatic rings. The van der Waals surface area contributed by atoms with Crippen molar-refractivity contribution in [3.63, 3.8) is 0 Å². The van der Waals surface area contributed by atoms with Crippen LogP contribution in [0.2, 0.25) is 0 Å². The van der Waals surface area contributed by atoms with E-state index in [0.717, 1.165) is 5.56 Å². The first kappa shape index (κ1) is 19.7. The second-order valence-electron chi connectivity index (χ2n) is 6.99. The molecule has 0 aliphatic carbocycles. The number of rotatable bonds is 6. The fraction of sp³-hybridized carbons (Fsp3) is 0.286. The maximum Gasteiger partial charge on any atom is 0.412 e. The quantitative estimate of drug-likeness (QED) is 0.757. The van der Waals surface area contributed by atoms with Gasteiger partial charge in [-0.05, 0) is 35.7 Å². The van der Waals surface area contributed by atoms with E-state index in [0.29, 0.717) is 17.7 Å². The summed E-state index contributed by atoms with van der Waals surface area (Å²) >= 11 is 0. The molecule has 30 heavy (non-hydrogen) atoms. The largest absolute Gasteiger partial charge is 0.479 e. The van der Waals surface area contributed by atoms with E-state index in [2.05, 4.69) is 5.32 Å². The summed E-state index contributed by atoms with van der Waals surface area (Å²) in [7, 11) is 0. The van der Waals surface area contributed by atoms with Crippen LogP contribution in [0.3, 0.4) is 0 Å². The van der Waals surface area contributed by atoms with Gasteiger partial charge in [-0.1, -0.05) is 36.4 Å². The van der Waals surface area contributed by atoms with Crippen LogP contribution in [0.1, 0.15) is 35.7 Å². The number of hydrogen-bond acceptors (Lipinski definition) is 5. The van der Waals surface area contributed by atoms with E-state index in [1.54, 1.807) is 19.1 Å². The Morgan fingerprint density at radius 1 is 1.17 bits per heavy atom. The van der Waals surface area contributed by atoms with Gasteiger partial charge in [0.2, 0.25) is 0 Å². The number of carboxylic acids is 1. The van der Waals surface area contributed by atoms with Gasteiger partial charge in [0.1, 0.15) is 18.4 Å². The van der Waals surface area contributed by atoms with Gasteiger partial charge in [-0.2, -0.15) is 5.06 Å². The molecule has 0 spiro atoms. The predicted molar refractivity (Wildman–Crippen MR) is 104 cm³/mol. The average Bonchev–Trinajstić information content (AvgIpc) is 3.00. The molecule has 2 aromatic carbocycles. The molecule has 0 radical (unpaired) electrons. The number of benzene rings is 2. The highest BCUT2D eigenvalue weighted by molar-refractivity contribution is 5.87. The Bertz CT molecular complexity index is 980. The lowest BCUT2D eigenvalue weighted by Crippen LogP contribution is -2.38. The molecule has 0 unspecified atom stereocenters. The Labute approximate surface area is 172 Å². The number of nitrogens with zero attached hydrogens (tertiary/aromatic N) is 2. The molecule has 0 saturated carbocycles. The normalized spacial score (nSPS) is 19.4. The van der Waals surface area contributed by atoms with E-state index in [4.69, 9.17) is 9.57 Å². The minimum Gasteiger partial charge on any atom is -0.479 e. The molecule has 3 amide bonds. The Hall–Kier alpha value is -3.59. The summed E-state index contributed by atoms with van der Waals surface area (Å²) in [5, 5.41) is 13.5. The van der Waals surface area contributed by atoms with Crippen LogP contribution in [0.25, 0.3) is 0 Å². The topological polar surface area (TPSA) is 108 Å². The number of fused-ring (bicyclic) bond motifs is 4. The maximum atomic E-state index is 12.9. The van der Waals surface area contributed by atoms with Crippen molar-refractivity contribution in [2.75, 3.05) is 13.1 Å². The monoisotopic (exact) mass is 411 g/mol. The molecule has 156 valence electrons. The van der Waals surface area contributed by atoms with Gasteiger partial charge in [0.15, 0.2) is 6.04 Å². The highest BCUT2D eigenvalue weighted by atomic mass is 16.7. The van der Waals surface area contributed by atoms with Crippen LogP contribution in [0.5, 0.6) is 5.75 Å². The fourth-order valence-electron chi connectivity index (χ4n) is 3.78. The van der Waals surface area contributed by atoms with Crippen LogP contribution < -0.4 is 10.1 Å². The molecule has 4 rings (SSSR count). The zero-order valence-electron chi connectivity index (χ0n) is 16.3. The van der Waals surface area contributed by atoms with Crippen molar-refractivity contribution in [1.29, 1.82) is 0 Å². The number of amides is 3. The molecule has 9 heteroatoms. The van der Waals surface area contributed by atoms with Crippen LogP contribution >= 0.6 is 0 Å². The van der Waals surface area contributed by atoms with Crippen molar-refractivity contribution < 1.29 is 29.1 Å². The summed E-state index contributed by atoms with van der Waals surface area (Å²) in [4.78, 5) is 43.7. The number of nitrogens with one attached hydrogen (secondary N) is 1. The summed E-state index contributed by atoms with van der Waals surface area (Å²) in [6.45, 7) is 2.52. The van der Waals surface area contributed by atoms with E-state index >= 15 is 0 Å². The van der Waals surface area contributed by atoms with Gasteiger partial charge in [-0.15, -0.1) is 0 Å². The lowest BCUT2D eigenvalue weighted by atomic mass is 9.91. The van der Waals surface area contributed by atoms with E-state index in [1.807, 2.05) is 30.3 Å². The average molecular weight is 411 g/mol. The Balaban J connectivity index is 1.64. The van der Waals surface area contributed by atoms with Crippen molar-refractivity contribution >= 4 is 18.1 Å². The number of aliphatic carboxylic acids is 1. The number of hydroxylamine groups is 2. The third-order valence-electron chi connectivity index (χ3n) is 5.09. The van der Waals surface area contributed by atoms with Crippen LogP contribution in [-0.4, -0.2) is 46.3 Å². The third kappa shape index (κ3) is 3.55. The molecule has 2 aromatic rings. The maximum absolute atomic E-state index is 12.9. The summed E-state index contributed by atoms with van der Waals surface area (Å²) in [5.74, 6) is -0.870. The zero-order valence-corrected chi connectivity index (χ0v) is 16.3. The number of carbonyl (C=O) groups is 3. The summed E-state index contributed by atoms with van der Waals surface area (Å²) in [5.41, 5.74) is 1.94. The molecule has 1 saturated heterocycles. The summed E-state index contributed by atoms with van der Waals surface area (Å²) < 4.78 is 5.26. The van der Waals surface area contributed by atoms with Gasteiger partial charge in [0, 0.05) is 6.54 Å². The van der Waals surface area contributed by atoms with Gasteiger partial charge in [0.25, 0.3) is 0 Å². The molecule has 9 nitrogen and oxygen atoms in total. The number of carbonyl (C=O) groups excluding carboxylic acids is 2. The standard InChI is InChI=1S/C21H21N3O6/c1-2-22-20(27)30-14-8-9-15-16(10-14)17-11-23(18(15)19(25)26)21(28)24(17)29-12-13-6-4-3-5-7-13/h3-10,17-18H,2,11-12H2,1H3,(H,22,27)(H,25,26)/t17-,18-/m1/s1. The zero-order chi connectivity index (χ0) is 21.3. The van der Waals surface area contributed by atoms with Crippen LogP contribution in [-0.2, 0) is 16.2 Å². The lowest BCUT2D eigenvalue weighted by Gasteiger charge is -2.30. The minimum absolute atomic E-state index is 0.166. The van der Waals surface area contributed by atoms with Gasteiger partial charge in [-0.3, -0.25) is 4.84 Å². The van der Waals surface area contributed by atoms with Gasteiger partial charge in [-0.25, -0.2) is 14.4 Å². The smallest absolute Gasteiger partial charge is 0.412 e. The number of ether oxygens (including phenoxy) is 1. The van der Waals surface area contributed by atoms with Crippen LogP contribution in [0.4, 0.5) is 9.59 Å². The van der Waals surface area contributed by atoms with Gasteiger partial charge in [0.05, 0.1) is 6.54 Å². The molecular weight excluding hydrogens is 390 g/mol. The number of urea groups is 1. The lowest BCUT2D eigenvalue weighted by molar-refractivity contribution is -0.143. The van der Waals surface area contributed by atoms with E-state index in [-0.39, 0.29) is 18.9 Å². The van der Waals surface area contributed by atoms with E-state index < -0.39 is 30.2 Å². The molecule has 2 aliphatic heterocycles. The summed E-state index contributed by atoms with van der Waals surface area (Å²) in [6, 6.07) is 11.9. The fourth-order valence-corrected chi connectivity index (χ4v) is 3.78. The molecule has 2 atom stereocenters. The number of hydrogen-bond donors (Lipinski definition) is 2. The van der Waals surface area contributed by atoms with Crippen LogP contribution in [0, 0.1) is 0 Å². The first-order chi connectivity index (χ1) is 14.5. The van der Waals surface area contributed by atoms with E-state index in [9.17, 15) is 19.5 Å². The third-order valence-corrected chi connectivity index (χ3v) is 5.09. The van der Waals surface area contributed by atoms with Crippen molar-refractivity contribution in [3.05, 3.63) is 65.2 Å². The highest BCUT2D eigenvalue weighted by Crippen LogP contribution is 2.45. The Morgan fingerprint density at radius 3 is 2.63 bits per heavy atom. The molecule has 2 N–H and O–H groups in total. The van der Waals surface area contributed by atoms with E-state index in [1.165, 1.54) is 16.0 Å². The second kappa shape index (κ2) is 8.03. The first-order valence-corrected chi connectivity index (χ1v) is 9.58. The van der Waals surface area contributed by atoms with Gasteiger partial charge < -0.3 is 20.1 Å². The SMILES string of the molecule is CCNC(=O)Oc1ccc2c(c1)[C@H]1CN(C(=O)N1OCc1ccccc1)[C@H]2C(=O)O. The van der Waals surface area contributed by atoms with Crippen molar-refractivity contribution in [3.8, 4) is 5.75 Å². The number of carboxylic acid groups (broad SMARTS) is 1. The molecule has 2 bridgehead atoms. The molecule has 2 heterocycles. The van der Waals surface area contributed by atoms with Gasteiger partial charge >= 0.3 is 18.1 Å².